The minimum Gasteiger partial charge on any atom is -0.748 e. The number of nitrogens with one attached hydrogen (secondary N) is 1. The van der Waals surface area contributed by atoms with Gasteiger partial charge in [-0.05, 0) is 12.8 Å². The molecule has 0 aromatic rings. The summed E-state index contributed by atoms with van der Waals surface area (Å²) in [6.45, 7) is 6.64. The fourth-order valence-corrected chi connectivity index (χ4v) is 2.28. The Hall–Kier alpha value is -0.130. The lowest BCUT2D eigenvalue weighted by molar-refractivity contribution is -0.887. The van der Waals surface area contributed by atoms with E-state index in [1.807, 2.05) is 4.90 Å². The third-order valence-electron chi connectivity index (χ3n) is 3.19. The van der Waals surface area contributed by atoms with Gasteiger partial charge in [0.15, 0.2) is 0 Å². The molecule has 0 aliphatic carbocycles. The van der Waals surface area contributed by atoms with Crippen molar-refractivity contribution in [2.75, 3.05) is 25.9 Å². The van der Waals surface area contributed by atoms with Crippen molar-refractivity contribution in [1.29, 1.82) is 0 Å². The lowest BCUT2D eigenvalue weighted by atomic mass is 10.1. The Labute approximate surface area is 113 Å². The summed E-state index contributed by atoms with van der Waals surface area (Å²) in [5.74, 6) is 0. The van der Waals surface area contributed by atoms with Crippen LogP contribution in [0.3, 0.4) is 0 Å². The fraction of sp³-hybridized carbons (Fsp3) is 1.00. The molecule has 1 fully saturated rings. The smallest absolute Gasteiger partial charge is 0.0916 e. The van der Waals surface area contributed by atoms with E-state index in [-0.39, 0.29) is 0 Å². The van der Waals surface area contributed by atoms with E-state index >= 15 is 0 Å². The van der Waals surface area contributed by atoms with Crippen LogP contribution in [-0.2, 0) is 10.1 Å². The van der Waals surface area contributed by atoms with Crippen LogP contribution < -0.4 is 4.90 Å². The van der Waals surface area contributed by atoms with E-state index in [1.165, 1.54) is 71.0 Å². The van der Waals surface area contributed by atoms with Gasteiger partial charge in [-0.15, -0.1) is 0 Å². The van der Waals surface area contributed by atoms with Gasteiger partial charge in [0, 0.05) is 19.1 Å². The van der Waals surface area contributed by atoms with E-state index in [0.29, 0.717) is 6.26 Å². The van der Waals surface area contributed by atoms with Crippen LogP contribution in [0.5, 0.6) is 0 Å². The molecule has 0 aromatic carbocycles. The van der Waals surface area contributed by atoms with Crippen LogP contribution in [0.1, 0.15) is 58.3 Å². The van der Waals surface area contributed by atoms with Crippen molar-refractivity contribution < 1.29 is 17.9 Å². The molecule has 0 aromatic heterocycles. The normalized spacial score (nSPS) is 16.4. The van der Waals surface area contributed by atoms with Crippen molar-refractivity contribution >= 4 is 10.1 Å². The summed E-state index contributed by atoms with van der Waals surface area (Å²) < 4.78 is 27.2. The van der Waals surface area contributed by atoms with E-state index in [4.69, 9.17) is 13.0 Å². The molecule has 1 aliphatic rings. The number of hydrogen-bond donors (Lipinski definition) is 1. The molecule has 0 amide bonds. The fourth-order valence-electron chi connectivity index (χ4n) is 2.28. The van der Waals surface area contributed by atoms with Crippen molar-refractivity contribution in [2.24, 2.45) is 0 Å². The van der Waals surface area contributed by atoms with Crippen LogP contribution in [-0.4, -0.2) is 38.9 Å². The van der Waals surface area contributed by atoms with Gasteiger partial charge in [0.1, 0.15) is 0 Å². The molecule has 4 nitrogen and oxygen atoms in total. The predicted molar refractivity (Wildman–Crippen MR) is 73.8 cm³/mol. The highest BCUT2D eigenvalue weighted by Gasteiger charge is 2.13. The van der Waals surface area contributed by atoms with Gasteiger partial charge in [-0.25, -0.2) is 8.42 Å². The van der Waals surface area contributed by atoms with Crippen molar-refractivity contribution in [2.45, 2.75) is 58.3 Å². The first-order chi connectivity index (χ1) is 8.43. The number of rotatable bonds is 7. The second-order valence-electron chi connectivity index (χ2n) is 5.18. The van der Waals surface area contributed by atoms with Crippen molar-refractivity contribution in [3.8, 4) is 0 Å². The van der Waals surface area contributed by atoms with Gasteiger partial charge in [-0.2, -0.15) is 0 Å². The molecule has 5 heteroatoms. The molecule has 0 radical (unpaired) electrons. The molecule has 0 atom stereocenters. The largest absolute Gasteiger partial charge is 0.748 e. The van der Waals surface area contributed by atoms with Crippen LogP contribution in [0, 0.1) is 0 Å². The van der Waals surface area contributed by atoms with Crippen LogP contribution in [0.4, 0.5) is 0 Å². The molecular weight excluding hydrogens is 250 g/mol. The van der Waals surface area contributed by atoms with Crippen LogP contribution >= 0.6 is 0 Å². The second-order valence-corrected chi connectivity index (χ2v) is 6.59. The van der Waals surface area contributed by atoms with E-state index in [0.717, 1.165) is 0 Å². The topological polar surface area (TPSA) is 61.6 Å². The number of hydrogen-bond acceptors (Lipinski definition) is 3. The highest BCUT2D eigenvalue weighted by Crippen LogP contribution is 2.03. The monoisotopic (exact) mass is 279 g/mol. The highest BCUT2D eigenvalue weighted by atomic mass is 32.2. The third-order valence-corrected chi connectivity index (χ3v) is 3.19. The zero-order valence-electron chi connectivity index (χ0n) is 11.9. The summed E-state index contributed by atoms with van der Waals surface area (Å²) in [6, 6.07) is 0. The minimum absolute atomic E-state index is 0.604. The Balaban J connectivity index is 0.000000494. The molecule has 0 saturated carbocycles. The first kappa shape index (κ1) is 17.9. The lowest BCUT2D eigenvalue weighted by Crippen LogP contribution is -3.09. The number of unbranched alkanes of at least 4 members (excludes halogenated alkanes) is 5. The minimum atomic E-state index is -3.92. The first-order valence-electron chi connectivity index (χ1n) is 7.18. The molecule has 0 unspecified atom stereocenters. The zero-order valence-corrected chi connectivity index (χ0v) is 12.7. The summed E-state index contributed by atoms with van der Waals surface area (Å²) in [5.41, 5.74) is 0. The third kappa shape index (κ3) is 15.9. The molecular formula is C13H29NO3S. The summed E-state index contributed by atoms with van der Waals surface area (Å²) in [4.78, 5) is 1.87. The Kier molecular flexibility index (Phi) is 10.7. The van der Waals surface area contributed by atoms with Gasteiger partial charge in [-0.3, -0.25) is 0 Å². The van der Waals surface area contributed by atoms with Crippen molar-refractivity contribution in [3.63, 3.8) is 0 Å². The van der Waals surface area contributed by atoms with Gasteiger partial charge in [-0.1, -0.05) is 32.6 Å². The van der Waals surface area contributed by atoms with Crippen molar-refractivity contribution in [1.82, 2.24) is 0 Å². The molecule has 0 bridgehead atoms. The molecule has 110 valence electrons. The van der Waals surface area contributed by atoms with E-state index in [9.17, 15) is 0 Å². The molecule has 1 N–H and O–H groups in total. The van der Waals surface area contributed by atoms with Crippen molar-refractivity contribution in [3.05, 3.63) is 0 Å². The molecule has 18 heavy (non-hydrogen) atoms. The maximum atomic E-state index is 9.08. The Morgan fingerprint density at radius 2 is 1.44 bits per heavy atom. The van der Waals surface area contributed by atoms with Gasteiger partial charge in [0.05, 0.1) is 29.8 Å². The quantitative estimate of drug-likeness (QED) is 0.562. The summed E-state index contributed by atoms with van der Waals surface area (Å²) in [7, 11) is -3.92. The van der Waals surface area contributed by atoms with Crippen LogP contribution in [0.25, 0.3) is 0 Å². The second kappa shape index (κ2) is 10.8. The van der Waals surface area contributed by atoms with E-state index in [1.54, 1.807) is 0 Å². The zero-order chi connectivity index (χ0) is 13.9. The molecule has 1 aliphatic heterocycles. The van der Waals surface area contributed by atoms with Crippen LogP contribution in [0.2, 0.25) is 0 Å². The summed E-state index contributed by atoms with van der Waals surface area (Å²) >= 11 is 0. The number of likely N-dealkylation sites (tertiary alicyclic amines) is 1. The average molecular weight is 279 g/mol. The van der Waals surface area contributed by atoms with Gasteiger partial charge in [0.25, 0.3) is 0 Å². The Morgan fingerprint density at radius 1 is 1.00 bits per heavy atom. The summed E-state index contributed by atoms with van der Waals surface area (Å²) in [6.07, 6.45) is 12.3. The van der Waals surface area contributed by atoms with E-state index in [2.05, 4.69) is 6.92 Å². The SMILES string of the molecule is CCCCCCCC[NH+]1CCCC1.CS(=O)(=O)[O-]. The van der Waals surface area contributed by atoms with Gasteiger partial charge < -0.3 is 9.45 Å². The maximum Gasteiger partial charge on any atom is 0.0916 e. The predicted octanol–water partition coefficient (Wildman–Crippen LogP) is 1.19. The van der Waals surface area contributed by atoms with Crippen LogP contribution in [0.15, 0.2) is 0 Å². The van der Waals surface area contributed by atoms with Gasteiger partial charge in [0.2, 0.25) is 0 Å². The Morgan fingerprint density at radius 3 is 1.94 bits per heavy atom. The average Bonchev–Trinajstić information content (AvgIpc) is 2.73. The van der Waals surface area contributed by atoms with E-state index < -0.39 is 10.1 Å². The summed E-state index contributed by atoms with van der Waals surface area (Å²) in [5, 5.41) is 0. The number of quaternary nitrogens is 1. The molecule has 1 heterocycles. The Bertz CT molecular complexity index is 264. The first-order valence-corrected chi connectivity index (χ1v) is 8.99. The highest BCUT2D eigenvalue weighted by molar-refractivity contribution is 7.84. The maximum absolute atomic E-state index is 9.08. The lowest BCUT2D eigenvalue weighted by Gasteiger charge is -2.11. The molecule has 0 spiro atoms. The molecule has 1 saturated heterocycles. The molecule has 1 rings (SSSR count). The van der Waals surface area contributed by atoms with Gasteiger partial charge >= 0.3 is 0 Å². The standard InChI is InChI=1S/C12H25N.CH4O3S/c1-2-3-4-5-6-7-10-13-11-8-9-12-13;1-5(2,3)4/h2-12H2,1H3;1H3,(H,2,3,4).